The molecule has 0 rings (SSSR count). The number of alkyl carbamates (subject to hydrolysis) is 3. The molecule has 0 aromatic rings. The standard InChI is InChI=1S/C52H96N6O10/c1-12-13-14-15-16-17-18-19-20-21-22-23-24-25-26-36-44(60)56-41(40(2)59)33-27-30-37-53-45(61)42(57-48(64)67-51(6,7)8)34-28-31-38-54-46(62)43(58-49(65)68-52(9,10)11)35-29-32-39-55-47(63)66-50(3,4)5/h19-20,41-43H,12-18,21-39H2,1-11H3,(H,53,61)(H,54,62)(H,55,63)(H,56,60)(H,57,64)(H,58,65). The lowest BCUT2D eigenvalue weighted by Gasteiger charge is -2.24. The smallest absolute Gasteiger partial charge is 0.408 e. The normalized spacial score (nSPS) is 13.2. The van der Waals surface area contributed by atoms with Crippen molar-refractivity contribution in [2.24, 2.45) is 0 Å². The fourth-order valence-electron chi connectivity index (χ4n) is 7.03. The van der Waals surface area contributed by atoms with E-state index in [4.69, 9.17) is 14.2 Å². The van der Waals surface area contributed by atoms with Gasteiger partial charge in [-0.25, -0.2) is 14.4 Å². The van der Waals surface area contributed by atoms with Gasteiger partial charge in [-0.15, -0.1) is 0 Å². The van der Waals surface area contributed by atoms with Crippen LogP contribution in [-0.4, -0.2) is 96.3 Å². The Hall–Kier alpha value is -4.37. The molecule has 0 aliphatic heterocycles. The molecule has 16 nitrogen and oxygen atoms in total. The van der Waals surface area contributed by atoms with Crippen LogP contribution < -0.4 is 31.9 Å². The number of hydrogen-bond acceptors (Lipinski definition) is 10. The molecule has 0 aromatic carbocycles. The third-order valence-corrected chi connectivity index (χ3v) is 10.5. The topological polar surface area (TPSA) is 219 Å². The lowest BCUT2D eigenvalue weighted by Crippen LogP contribution is -2.49. The van der Waals surface area contributed by atoms with Gasteiger partial charge >= 0.3 is 18.3 Å². The van der Waals surface area contributed by atoms with Crippen LogP contribution in [0.5, 0.6) is 0 Å². The van der Waals surface area contributed by atoms with Crippen LogP contribution >= 0.6 is 0 Å². The van der Waals surface area contributed by atoms with Gasteiger partial charge in [-0.3, -0.25) is 19.2 Å². The van der Waals surface area contributed by atoms with E-state index in [9.17, 15) is 33.6 Å². The van der Waals surface area contributed by atoms with Crippen LogP contribution in [0.15, 0.2) is 12.2 Å². The molecule has 3 atom stereocenters. The largest absolute Gasteiger partial charge is 0.444 e. The summed E-state index contributed by atoms with van der Waals surface area (Å²) in [6, 6.07) is -2.38. The maximum atomic E-state index is 13.3. The first-order chi connectivity index (χ1) is 31.9. The van der Waals surface area contributed by atoms with E-state index in [1.165, 1.54) is 51.9 Å². The fraction of sp³-hybridized carbons (Fsp3) is 0.827. The summed E-state index contributed by atoms with van der Waals surface area (Å²) < 4.78 is 16.0. The summed E-state index contributed by atoms with van der Waals surface area (Å²) in [7, 11) is 0. The molecule has 0 radical (unpaired) electrons. The van der Waals surface area contributed by atoms with E-state index in [1.54, 1.807) is 62.3 Å². The van der Waals surface area contributed by atoms with Gasteiger partial charge in [-0.05, 0) is 159 Å². The number of ketones is 1. The first kappa shape index (κ1) is 63.6. The Morgan fingerprint density at radius 1 is 0.426 bits per heavy atom. The molecule has 394 valence electrons. The summed E-state index contributed by atoms with van der Waals surface area (Å²) in [4.78, 5) is 88.9. The second-order valence-electron chi connectivity index (χ2n) is 21.0. The van der Waals surface area contributed by atoms with Crippen molar-refractivity contribution < 1.29 is 47.8 Å². The van der Waals surface area contributed by atoms with Gasteiger partial charge < -0.3 is 46.1 Å². The first-order valence-corrected chi connectivity index (χ1v) is 25.9. The highest BCUT2D eigenvalue weighted by atomic mass is 16.6. The fourth-order valence-corrected chi connectivity index (χ4v) is 7.03. The van der Waals surface area contributed by atoms with Crippen molar-refractivity contribution in [1.29, 1.82) is 0 Å². The van der Waals surface area contributed by atoms with Gasteiger partial charge in [0.25, 0.3) is 0 Å². The number of unbranched alkanes of at least 4 members (excludes halogenated alkanes) is 14. The van der Waals surface area contributed by atoms with Gasteiger partial charge in [-0.2, -0.15) is 0 Å². The van der Waals surface area contributed by atoms with Crippen LogP contribution in [0, 0.1) is 0 Å². The molecule has 0 saturated carbocycles. The number of rotatable bonds is 36. The van der Waals surface area contributed by atoms with E-state index in [2.05, 4.69) is 51.0 Å². The molecular weight excluding hydrogens is 869 g/mol. The number of carbonyl (C=O) groups is 7. The van der Waals surface area contributed by atoms with Crippen LogP contribution in [0.2, 0.25) is 0 Å². The highest BCUT2D eigenvalue weighted by molar-refractivity contribution is 5.88. The zero-order valence-corrected chi connectivity index (χ0v) is 44.4. The Kier molecular flexibility index (Phi) is 34.2. The van der Waals surface area contributed by atoms with Gasteiger partial charge in [0, 0.05) is 26.1 Å². The van der Waals surface area contributed by atoms with Crippen molar-refractivity contribution in [3.8, 4) is 0 Å². The quantitative estimate of drug-likeness (QED) is 0.0198. The summed E-state index contributed by atoms with van der Waals surface area (Å²) in [6.45, 7) is 20.3. The highest BCUT2D eigenvalue weighted by Crippen LogP contribution is 2.14. The molecule has 6 N–H and O–H groups in total. The van der Waals surface area contributed by atoms with Gasteiger partial charge in [-0.1, -0.05) is 70.4 Å². The zero-order chi connectivity index (χ0) is 51.4. The number of ether oxygens (including phenoxy) is 3. The number of allylic oxidation sites excluding steroid dienone is 2. The molecule has 0 spiro atoms. The minimum atomic E-state index is -0.905. The summed E-state index contributed by atoms with van der Waals surface area (Å²) in [5.41, 5.74) is -2.16. The summed E-state index contributed by atoms with van der Waals surface area (Å²) >= 11 is 0. The van der Waals surface area contributed by atoms with E-state index < -0.39 is 59.1 Å². The average molecular weight is 965 g/mol. The van der Waals surface area contributed by atoms with Crippen molar-refractivity contribution in [1.82, 2.24) is 31.9 Å². The molecule has 0 fully saturated rings. The van der Waals surface area contributed by atoms with Crippen molar-refractivity contribution in [3.63, 3.8) is 0 Å². The Bertz CT molecular complexity index is 1480. The molecule has 3 unspecified atom stereocenters. The van der Waals surface area contributed by atoms with Crippen molar-refractivity contribution in [2.75, 3.05) is 19.6 Å². The lowest BCUT2D eigenvalue weighted by atomic mass is 10.0. The molecule has 68 heavy (non-hydrogen) atoms. The minimum Gasteiger partial charge on any atom is -0.444 e. The molecule has 0 aliphatic rings. The first-order valence-electron chi connectivity index (χ1n) is 25.9. The van der Waals surface area contributed by atoms with E-state index in [1.807, 2.05) is 0 Å². The Morgan fingerprint density at radius 2 is 0.794 bits per heavy atom. The van der Waals surface area contributed by atoms with Gasteiger partial charge in [0.15, 0.2) is 5.78 Å². The number of nitrogens with one attached hydrogen (secondary N) is 6. The third kappa shape index (κ3) is 39.6. The minimum absolute atomic E-state index is 0.107. The van der Waals surface area contributed by atoms with Crippen LogP contribution in [0.4, 0.5) is 14.4 Å². The molecule has 0 saturated heterocycles. The molecule has 0 aliphatic carbocycles. The summed E-state index contributed by atoms with van der Waals surface area (Å²) in [5.74, 6) is -1.02. The van der Waals surface area contributed by atoms with E-state index in [0.717, 1.165) is 38.5 Å². The number of hydrogen-bond donors (Lipinski definition) is 6. The number of amides is 6. The maximum absolute atomic E-state index is 13.3. The molecular formula is C52H96N6O10. The Balaban J connectivity index is 4.89. The summed E-state index contributed by atoms with van der Waals surface area (Å²) in [6.07, 6.45) is 22.6. The number of carbonyl (C=O) groups excluding carboxylic acids is 7. The third-order valence-electron chi connectivity index (χ3n) is 10.5. The highest BCUT2D eigenvalue weighted by Gasteiger charge is 2.26. The van der Waals surface area contributed by atoms with Gasteiger partial charge in [0.1, 0.15) is 28.9 Å². The van der Waals surface area contributed by atoms with Crippen molar-refractivity contribution in [3.05, 3.63) is 12.2 Å². The van der Waals surface area contributed by atoms with Crippen LogP contribution in [0.25, 0.3) is 0 Å². The van der Waals surface area contributed by atoms with E-state index in [0.29, 0.717) is 70.9 Å². The predicted molar refractivity (Wildman–Crippen MR) is 270 cm³/mol. The zero-order valence-electron chi connectivity index (χ0n) is 44.4. The van der Waals surface area contributed by atoms with Crippen LogP contribution in [0.1, 0.15) is 224 Å². The van der Waals surface area contributed by atoms with E-state index >= 15 is 0 Å². The predicted octanol–water partition coefficient (Wildman–Crippen LogP) is 10.2. The lowest BCUT2D eigenvalue weighted by molar-refractivity contribution is -0.127. The van der Waals surface area contributed by atoms with Gasteiger partial charge in [0.05, 0.1) is 6.04 Å². The average Bonchev–Trinajstić information content (AvgIpc) is 3.21. The second-order valence-corrected chi connectivity index (χ2v) is 21.0. The molecule has 16 heteroatoms. The van der Waals surface area contributed by atoms with Crippen molar-refractivity contribution in [2.45, 2.75) is 259 Å². The second kappa shape index (κ2) is 36.6. The van der Waals surface area contributed by atoms with Gasteiger partial charge in [0.2, 0.25) is 17.7 Å². The molecule has 0 aromatic heterocycles. The van der Waals surface area contributed by atoms with Crippen molar-refractivity contribution >= 4 is 41.8 Å². The summed E-state index contributed by atoms with van der Waals surface area (Å²) in [5, 5.41) is 16.7. The molecule has 0 bridgehead atoms. The molecule has 6 amide bonds. The van der Waals surface area contributed by atoms with E-state index in [-0.39, 0.29) is 30.6 Å². The SMILES string of the molecule is CCCCCCCCC=CCCCCCCCC(=O)NC(CCCCNC(=O)C(CCCCNC(=O)C(CCCCNC(=O)OC(C)(C)C)NC(=O)OC(C)(C)C)NC(=O)OC(C)(C)C)C(C)=O. The van der Waals surface area contributed by atoms with Crippen LogP contribution in [-0.2, 0) is 33.4 Å². The maximum Gasteiger partial charge on any atom is 0.408 e. The van der Waals surface area contributed by atoms with Crippen LogP contribution in [0.3, 0.4) is 0 Å². The Labute approximate surface area is 410 Å². The molecule has 0 heterocycles. The number of Topliss-reactive ketones (excluding diaryl/α,β-unsaturated/α-hetero) is 1. The monoisotopic (exact) mass is 965 g/mol. The Morgan fingerprint density at radius 3 is 1.21 bits per heavy atom.